The van der Waals surface area contributed by atoms with E-state index in [9.17, 15) is 0 Å². The summed E-state index contributed by atoms with van der Waals surface area (Å²) in [7, 11) is 1.73. The maximum absolute atomic E-state index is 4.81. The average molecular weight is 279 g/mol. The highest BCUT2D eigenvalue weighted by molar-refractivity contribution is 9.11. The first kappa shape index (κ1) is 10.6. The third-order valence-electron chi connectivity index (χ3n) is 1.06. The van der Waals surface area contributed by atoms with Gasteiger partial charge in [0.05, 0.1) is 16.2 Å². The first-order valence-corrected chi connectivity index (χ1v) is 5.36. The van der Waals surface area contributed by atoms with Crippen LogP contribution in [0.3, 0.4) is 0 Å². The first-order valence-electron chi connectivity index (χ1n) is 3.34. The number of hydrazone groups is 1. The number of thiocarbonyl (C=S) groups is 1. The number of hydrogen-bond acceptors (Lipinski definition) is 4. The largest absolute Gasteiger partial charge is 0.364 e. The van der Waals surface area contributed by atoms with Crippen LogP contribution >= 0.6 is 39.5 Å². The van der Waals surface area contributed by atoms with E-state index in [4.69, 9.17) is 12.2 Å². The van der Waals surface area contributed by atoms with Gasteiger partial charge in [-0.1, -0.05) is 0 Å². The molecule has 0 saturated carbocycles. The van der Waals surface area contributed by atoms with E-state index in [0.29, 0.717) is 5.11 Å². The molecule has 0 aliphatic rings. The highest BCUT2D eigenvalue weighted by atomic mass is 79.9. The third kappa shape index (κ3) is 3.79. The van der Waals surface area contributed by atoms with Crippen molar-refractivity contribution in [1.82, 2.24) is 15.7 Å². The van der Waals surface area contributed by atoms with E-state index in [0.717, 1.165) is 8.79 Å². The second-order valence-corrected chi connectivity index (χ2v) is 4.80. The molecule has 0 spiro atoms. The van der Waals surface area contributed by atoms with E-state index in [-0.39, 0.29) is 0 Å². The smallest absolute Gasteiger partial charge is 0.186 e. The summed E-state index contributed by atoms with van der Waals surface area (Å²) < 4.78 is 0.977. The lowest BCUT2D eigenvalue weighted by molar-refractivity contribution is 0.981. The summed E-state index contributed by atoms with van der Waals surface area (Å²) >= 11 is 9.62. The van der Waals surface area contributed by atoms with E-state index in [1.54, 1.807) is 19.5 Å². The van der Waals surface area contributed by atoms with Gasteiger partial charge in [-0.25, -0.2) is 4.98 Å². The molecule has 1 heterocycles. The van der Waals surface area contributed by atoms with Gasteiger partial charge in [-0.3, -0.25) is 5.43 Å². The van der Waals surface area contributed by atoms with Crippen molar-refractivity contribution in [3.63, 3.8) is 0 Å². The number of hydrogen-bond donors (Lipinski definition) is 2. The van der Waals surface area contributed by atoms with E-state index in [2.05, 4.69) is 36.8 Å². The molecule has 70 valence electrons. The topological polar surface area (TPSA) is 49.3 Å². The fourth-order valence-corrected chi connectivity index (χ4v) is 1.70. The summed E-state index contributed by atoms with van der Waals surface area (Å²) in [6, 6.07) is 0. The second-order valence-electron chi connectivity index (χ2n) is 1.95. The molecule has 0 amide bonds. The Kier molecular flexibility index (Phi) is 4.26. The van der Waals surface area contributed by atoms with Crippen molar-refractivity contribution in [2.45, 2.75) is 0 Å². The van der Waals surface area contributed by atoms with Crippen LogP contribution in [-0.4, -0.2) is 23.4 Å². The molecule has 13 heavy (non-hydrogen) atoms. The predicted octanol–water partition coefficient (Wildman–Crippen LogP) is 1.33. The van der Waals surface area contributed by atoms with Crippen molar-refractivity contribution >= 4 is 50.8 Å². The van der Waals surface area contributed by atoms with Crippen molar-refractivity contribution in [3.8, 4) is 0 Å². The fraction of sp³-hybridized carbons (Fsp3) is 0.167. The van der Waals surface area contributed by atoms with Crippen LogP contribution in [-0.2, 0) is 0 Å². The van der Waals surface area contributed by atoms with Gasteiger partial charge in [0.25, 0.3) is 0 Å². The number of thiazole rings is 1. The summed E-state index contributed by atoms with van der Waals surface area (Å²) in [5.41, 5.74) is 2.63. The van der Waals surface area contributed by atoms with Crippen molar-refractivity contribution in [1.29, 1.82) is 0 Å². The highest BCUT2D eigenvalue weighted by Gasteiger charge is 1.94. The molecule has 1 aromatic heterocycles. The van der Waals surface area contributed by atoms with Crippen LogP contribution in [0.2, 0.25) is 0 Å². The van der Waals surface area contributed by atoms with Gasteiger partial charge in [-0.05, 0) is 28.1 Å². The zero-order chi connectivity index (χ0) is 9.68. The molecule has 0 saturated heterocycles. The van der Waals surface area contributed by atoms with Crippen molar-refractivity contribution in [3.05, 3.63) is 15.0 Å². The number of rotatable bonds is 2. The van der Waals surface area contributed by atoms with E-state index in [1.165, 1.54) is 11.3 Å². The Morgan fingerprint density at radius 3 is 3.15 bits per heavy atom. The first-order chi connectivity index (χ1) is 6.22. The minimum absolute atomic E-state index is 0.479. The molecule has 0 bridgehead atoms. The minimum atomic E-state index is 0.479. The van der Waals surface area contributed by atoms with Gasteiger partial charge in [0, 0.05) is 7.05 Å². The Balaban J connectivity index is 2.45. The lowest BCUT2D eigenvalue weighted by Gasteiger charge is -1.97. The molecular formula is C6H7BrN4S2. The second kappa shape index (κ2) is 5.25. The molecule has 0 unspecified atom stereocenters. The van der Waals surface area contributed by atoms with Crippen LogP contribution in [0.15, 0.2) is 15.1 Å². The normalized spacial score (nSPS) is 10.3. The van der Waals surface area contributed by atoms with Crippen LogP contribution in [0.5, 0.6) is 0 Å². The fourth-order valence-electron chi connectivity index (χ4n) is 0.529. The van der Waals surface area contributed by atoms with Crippen LogP contribution in [0, 0.1) is 0 Å². The van der Waals surface area contributed by atoms with Gasteiger partial charge in [-0.2, -0.15) is 5.10 Å². The van der Waals surface area contributed by atoms with E-state index >= 15 is 0 Å². The van der Waals surface area contributed by atoms with E-state index < -0.39 is 0 Å². The van der Waals surface area contributed by atoms with Gasteiger partial charge in [-0.15, -0.1) is 11.3 Å². The number of nitrogens with one attached hydrogen (secondary N) is 2. The maximum atomic E-state index is 4.81. The van der Waals surface area contributed by atoms with Crippen molar-refractivity contribution in [2.24, 2.45) is 5.10 Å². The number of nitrogens with zero attached hydrogens (tertiary/aromatic N) is 2. The molecular weight excluding hydrogens is 272 g/mol. The number of aromatic nitrogens is 1. The SMILES string of the molecule is CNC(=S)N/N=C/c1ncc(Br)s1. The van der Waals surface area contributed by atoms with Gasteiger partial charge < -0.3 is 5.32 Å². The predicted molar refractivity (Wildman–Crippen MR) is 62.2 cm³/mol. The Morgan fingerprint density at radius 2 is 2.62 bits per heavy atom. The van der Waals surface area contributed by atoms with Gasteiger partial charge in [0.1, 0.15) is 5.01 Å². The Hall–Kier alpha value is -0.530. The van der Waals surface area contributed by atoms with Crippen molar-refractivity contribution < 1.29 is 0 Å². The van der Waals surface area contributed by atoms with Gasteiger partial charge in [0.2, 0.25) is 0 Å². The maximum Gasteiger partial charge on any atom is 0.186 e. The molecule has 7 heteroatoms. The molecule has 4 nitrogen and oxygen atoms in total. The Morgan fingerprint density at radius 1 is 1.85 bits per heavy atom. The minimum Gasteiger partial charge on any atom is -0.364 e. The Labute approximate surface area is 93.6 Å². The molecule has 0 aromatic carbocycles. The molecule has 2 N–H and O–H groups in total. The van der Waals surface area contributed by atoms with Gasteiger partial charge >= 0.3 is 0 Å². The van der Waals surface area contributed by atoms with Crippen molar-refractivity contribution in [2.75, 3.05) is 7.05 Å². The molecule has 0 fully saturated rings. The lowest BCUT2D eigenvalue weighted by Crippen LogP contribution is -2.28. The van der Waals surface area contributed by atoms with Crippen LogP contribution < -0.4 is 10.7 Å². The molecule has 0 aliphatic heterocycles. The summed E-state index contributed by atoms with van der Waals surface area (Å²) in [5.74, 6) is 0. The summed E-state index contributed by atoms with van der Waals surface area (Å²) in [6.07, 6.45) is 3.33. The molecule has 0 radical (unpaired) electrons. The molecule has 0 aliphatic carbocycles. The quantitative estimate of drug-likeness (QED) is 0.487. The Bertz CT molecular complexity index is 322. The monoisotopic (exact) mass is 278 g/mol. The van der Waals surface area contributed by atoms with Crippen LogP contribution in [0.1, 0.15) is 5.01 Å². The van der Waals surface area contributed by atoms with Gasteiger partial charge in [0.15, 0.2) is 5.11 Å². The lowest BCUT2D eigenvalue weighted by atomic mass is 10.8. The standard InChI is InChI=1S/C6H7BrN4S2/c1-8-6(12)11-10-3-5-9-2-4(7)13-5/h2-3H,1H3,(H2,8,11,12)/b10-3+. The molecule has 1 rings (SSSR count). The number of halogens is 1. The highest BCUT2D eigenvalue weighted by Crippen LogP contribution is 2.17. The third-order valence-corrected chi connectivity index (χ3v) is 2.77. The summed E-state index contributed by atoms with van der Waals surface area (Å²) in [5, 5.41) is 7.91. The zero-order valence-electron chi connectivity index (χ0n) is 6.74. The van der Waals surface area contributed by atoms with Crippen LogP contribution in [0.4, 0.5) is 0 Å². The summed E-state index contributed by atoms with van der Waals surface area (Å²) in [4.78, 5) is 4.06. The summed E-state index contributed by atoms with van der Waals surface area (Å²) in [6.45, 7) is 0. The van der Waals surface area contributed by atoms with Crippen LogP contribution in [0.25, 0.3) is 0 Å². The molecule has 0 atom stereocenters. The molecule has 1 aromatic rings. The van der Waals surface area contributed by atoms with E-state index in [1.807, 2.05) is 0 Å². The zero-order valence-corrected chi connectivity index (χ0v) is 9.96. The average Bonchev–Trinajstić information content (AvgIpc) is 2.51.